The number of guanidine groups is 1. The third kappa shape index (κ3) is 4.17. The Morgan fingerprint density at radius 2 is 2.10 bits per heavy atom. The van der Waals surface area contributed by atoms with Crippen molar-refractivity contribution < 1.29 is 0 Å². The molecule has 3 rings (SSSR count). The smallest absolute Gasteiger partial charge is 0.193 e. The molecule has 1 aliphatic rings. The number of nitrogens with zero attached hydrogens (tertiary/aromatic N) is 2. The van der Waals surface area contributed by atoms with Gasteiger partial charge in [-0.2, -0.15) is 0 Å². The molecule has 1 saturated carbocycles. The maximum absolute atomic E-state index is 5.85. The molecule has 0 bridgehead atoms. The zero-order valence-electron chi connectivity index (χ0n) is 11.0. The van der Waals surface area contributed by atoms with Gasteiger partial charge in [-0.3, -0.25) is 0 Å². The number of aliphatic imine (C=N–C) groups is 1. The van der Waals surface area contributed by atoms with Crippen LogP contribution in [0.5, 0.6) is 0 Å². The third-order valence-corrected chi connectivity index (χ3v) is 3.85. The minimum absolute atomic E-state index is 0. The summed E-state index contributed by atoms with van der Waals surface area (Å²) in [5.41, 5.74) is 8.02. The molecular formula is C14H17IN4S. The van der Waals surface area contributed by atoms with Gasteiger partial charge in [0.25, 0.3) is 0 Å². The Kier molecular flexibility index (Phi) is 5.36. The fraction of sp³-hybridized carbons (Fsp3) is 0.286. The summed E-state index contributed by atoms with van der Waals surface area (Å²) >= 11 is 1.66. The predicted molar refractivity (Wildman–Crippen MR) is 94.9 cm³/mol. The molecule has 20 heavy (non-hydrogen) atoms. The second kappa shape index (κ2) is 7.03. The Hall–Kier alpha value is -1.15. The fourth-order valence-corrected chi connectivity index (χ4v) is 2.63. The average Bonchev–Trinajstić information content (AvgIpc) is 3.17. The molecule has 0 saturated heterocycles. The van der Waals surface area contributed by atoms with E-state index in [1.165, 1.54) is 18.5 Å². The lowest BCUT2D eigenvalue weighted by molar-refractivity contribution is 0.970. The lowest BCUT2D eigenvalue weighted by atomic mass is 10.3. The number of rotatable bonds is 4. The molecule has 4 nitrogen and oxygen atoms in total. The van der Waals surface area contributed by atoms with Crippen molar-refractivity contribution in [3.63, 3.8) is 0 Å². The maximum Gasteiger partial charge on any atom is 0.193 e. The van der Waals surface area contributed by atoms with Gasteiger partial charge in [0.05, 0.1) is 12.2 Å². The molecule has 0 radical (unpaired) electrons. The van der Waals surface area contributed by atoms with Crippen LogP contribution < -0.4 is 11.1 Å². The van der Waals surface area contributed by atoms with Crippen molar-refractivity contribution in [2.45, 2.75) is 25.3 Å². The van der Waals surface area contributed by atoms with Gasteiger partial charge in [-0.05, 0) is 25.0 Å². The molecule has 0 atom stereocenters. The molecule has 0 spiro atoms. The molecule has 2 aromatic rings. The number of nitrogens with two attached hydrogens (primary N) is 1. The van der Waals surface area contributed by atoms with Crippen LogP contribution in [0.15, 0.2) is 40.7 Å². The minimum atomic E-state index is 0. The lowest BCUT2D eigenvalue weighted by Crippen LogP contribution is -2.22. The highest BCUT2D eigenvalue weighted by atomic mass is 127. The normalized spacial score (nSPS) is 14.7. The molecule has 1 aliphatic carbocycles. The zero-order chi connectivity index (χ0) is 13.1. The number of para-hydroxylation sites is 1. The van der Waals surface area contributed by atoms with Crippen molar-refractivity contribution in [3.05, 3.63) is 46.4 Å². The molecule has 106 valence electrons. The van der Waals surface area contributed by atoms with E-state index in [1.807, 2.05) is 30.3 Å². The standard InChI is InChI=1S/C14H16N4S.HI/c15-14(17-11-4-2-1-3-5-11)16-8-13-18-12(9-19-13)10-6-7-10;/h1-5,9-10H,6-8H2,(H3,15,16,17);1H. The van der Waals surface area contributed by atoms with Crippen molar-refractivity contribution in [2.75, 3.05) is 5.32 Å². The molecule has 6 heteroatoms. The highest BCUT2D eigenvalue weighted by Crippen LogP contribution is 2.40. The van der Waals surface area contributed by atoms with Crippen molar-refractivity contribution in [2.24, 2.45) is 10.7 Å². The molecule has 1 fully saturated rings. The van der Waals surface area contributed by atoms with Crippen molar-refractivity contribution in [1.29, 1.82) is 0 Å². The molecule has 0 aliphatic heterocycles. The van der Waals surface area contributed by atoms with Crippen LogP contribution in [0.3, 0.4) is 0 Å². The minimum Gasteiger partial charge on any atom is -0.370 e. The SMILES string of the molecule is I.NC(=NCc1nc(C2CC2)cs1)Nc1ccccc1. The summed E-state index contributed by atoms with van der Waals surface area (Å²) in [6, 6.07) is 9.79. The van der Waals surface area contributed by atoms with Gasteiger partial charge in [-0.15, -0.1) is 35.3 Å². The summed E-state index contributed by atoms with van der Waals surface area (Å²) in [6.45, 7) is 0.545. The van der Waals surface area contributed by atoms with Crippen molar-refractivity contribution in [1.82, 2.24) is 4.98 Å². The molecule has 0 unspecified atom stereocenters. The van der Waals surface area contributed by atoms with Gasteiger partial charge in [-0.1, -0.05) is 18.2 Å². The number of hydrogen-bond acceptors (Lipinski definition) is 3. The number of nitrogens with one attached hydrogen (secondary N) is 1. The van der Waals surface area contributed by atoms with E-state index in [-0.39, 0.29) is 24.0 Å². The van der Waals surface area contributed by atoms with E-state index in [0.717, 1.165) is 10.7 Å². The van der Waals surface area contributed by atoms with E-state index in [1.54, 1.807) is 11.3 Å². The first-order valence-corrected chi connectivity index (χ1v) is 7.25. The van der Waals surface area contributed by atoms with Crippen LogP contribution in [-0.4, -0.2) is 10.9 Å². The quantitative estimate of drug-likeness (QED) is 0.469. The molecule has 1 aromatic heterocycles. The van der Waals surface area contributed by atoms with E-state index in [2.05, 4.69) is 20.7 Å². The summed E-state index contributed by atoms with van der Waals surface area (Å²) < 4.78 is 0. The lowest BCUT2D eigenvalue weighted by Gasteiger charge is -2.04. The van der Waals surface area contributed by atoms with Crippen molar-refractivity contribution >= 4 is 47.0 Å². The van der Waals surface area contributed by atoms with Crippen LogP contribution in [0.4, 0.5) is 5.69 Å². The summed E-state index contributed by atoms with van der Waals surface area (Å²) in [7, 11) is 0. The van der Waals surface area contributed by atoms with Gasteiger partial charge in [0.15, 0.2) is 5.96 Å². The third-order valence-electron chi connectivity index (χ3n) is 3.00. The van der Waals surface area contributed by atoms with Gasteiger partial charge in [0, 0.05) is 17.0 Å². The summed E-state index contributed by atoms with van der Waals surface area (Å²) in [6.07, 6.45) is 2.56. The van der Waals surface area contributed by atoms with E-state index in [4.69, 9.17) is 5.73 Å². The number of aromatic nitrogens is 1. The van der Waals surface area contributed by atoms with Gasteiger partial charge in [0.1, 0.15) is 5.01 Å². The molecule has 3 N–H and O–H groups in total. The van der Waals surface area contributed by atoms with Crippen molar-refractivity contribution in [3.8, 4) is 0 Å². The van der Waals surface area contributed by atoms with Gasteiger partial charge < -0.3 is 11.1 Å². The Balaban J connectivity index is 0.00000147. The van der Waals surface area contributed by atoms with Crippen LogP contribution in [0, 0.1) is 0 Å². The molecule has 0 amide bonds. The Morgan fingerprint density at radius 3 is 2.80 bits per heavy atom. The van der Waals surface area contributed by atoms with Crippen LogP contribution in [0.1, 0.15) is 29.5 Å². The molecular weight excluding hydrogens is 383 g/mol. The fourth-order valence-electron chi connectivity index (χ4n) is 1.83. The van der Waals surface area contributed by atoms with Crippen LogP contribution >= 0.6 is 35.3 Å². The van der Waals surface area contributed by atoms with Gasteiger partial charge in [0.2, 0.25) is 0 Å². The van der Waals surface area contributed by atoms with E-state index >= 15 is 0 Å². The van der Waals surface area contributed by atoms with Crippen LogP contribution in [0.2, 0.25) is 0 Å². The van der Waals surface area contributed by atoms with Gasteiger partial charge in [-0.25, -0.2) is 9.98 Å². The highest BCUT2D eigenvalue weighted by molar-refractivity contribution is 14.0. The average molecular weight is 400 g/mol. The van der Waals surface area contributed by atoms with E-state index < -0.39 is 0 Å². The summed E-state index contributed by atoms with van der Waals surface area (Å²) in [5.74, 6) is 1.13. The first-order chi connectivity index (χ1) is 9.31. The first-order valence-electron chi connectivity index (χ1n) is 6.37. The monoisotopic (exact) mass is 400 g/mol. The first kappa shape index (κ1) is 15.2. The number of halogens is 1. The molecule has 1 heterocycles. The largest absolute Gasteiger partial charge is 0.370 e. The Bertz CT molecular complexity index is 578. The number of hydrogen-bond donors (Lipinski definition) is 2. The predicted octanol–water partition coefficient (Wildman–Crippen LogP) is 3.57. The van der Waals surface area contributed by atoms with Crippen LogP contribution in [-0.2, 0) is 6.54 Å². The second-order valence-electron chi connectivity index (χ2n) is 4.63. The number of anilines is 1. The van der Waals surface area contributed by atoms with E-state index in [9.17, 15) is 0 Å². The number of thiazole rings is 1. The maximum atomic E-state index is 5.85. The van der Waals surface area contributed by atoms with E-state index in [0.29, 0.717) is 18.4 Å². The summed E-state index contributed by atoms with van der Waals surface area (Å²) in [5, 5.41) is 6.23. The zero-order valence-corrected chi connectivity index (χ0v) is 14.1. The van der Waals surface area contributed by atoms with Crippen LogP contribution in [0.25, 0.3) is 0 Å². The number of benzene rings is 1. The Morgan fingerprint density at radius 1 is 1.35 bits per heavy atom. The highest BCUT2D eigenvalue weighted by Gasteiger charge is 2.25. The van der Waals surface area contributed by atoms with Gasteiger partial charge >= 0.3 is 0 Å². The second-order valence-corrected chi connectivity index (χ2v) is 5.58. The summed E-state index contributed by atoms with van der Waals surface area (Å²) in [4.78, 5) is 8.89. The molecule has 1 aromatic carbocycles. The Labute approximate surface area is 139 Å². The topological polar surface area (TPSA) is 63.3 Å².